The molecular formula is C14H21BN4S. The number of fused-ring (bicyclic) bond motifs is 1. The van der Waals surface area contributed by atoms with Crippen LogP contribution in [0, 0.1) is 13.8 Å². The zero-order chi connectivity index (χ0) is 14.1. The summed E-state index contributed by atoms with van der Waals surface area (Å²) < 4.78 is 0. The number of nitrogens with zero attached hydrogens (tertiary/aromatic N) is 2. The molecule has 20 heavy (non-hydrogen) atoms. The summed E-state index contributed by atoms with van der Waals surface area (Å²) in [5.41, 5.74) is 1.32. The molecule has 2 aromatic rings. The lowest BCUT2D eigenvalue weighted by Gasteiger charge is -2.29. The molecule has 1 aliphatic rings. The Morgan fingerprint density at radius 2 is 1.85 bits per heavy atom. The van der Waals surface area contributed by atoms with Gasteiger partial charge < -0.3 is 10.5 Å². The highest BCUT2D eigenvalue weighted by Crippen LogP contribution is 2.33. The van der Waals surface area contributed by atoms with Crippen LogP contribution in [0.1, 0.15) is 36.1 Å². The molecule has 1 fully saturated rings. The highest BCUT2D eigenvalue weighted by Gasteiger charge is 2.21. The molecule has 3 rings (SSSR count). The van der Waals surface area contributed by atoms with Crippen LogP contribution in [-0.4, -0.2) is 30.0 Å². The van der Waals surface area contributed by atoms with Gasteiger partial charge in [-0.2, -0.15) is 0 Å². The van der Waals surface area contributed by atoms with Gasteiger partial charge in [-0.1, -0.05) is 0 Å². The van der Waals surface area contributed by atoms with Gasteiger partial charge in [-0.05, 0) is 51.1 Å². The van der Waals surface area contributed by atoms with Crippen LogP contribution in [0.2, 0.25) is 0 Å². The molecule has 2 aromatic heterocycles. The van der Waals surface area contributed by atoms with Gasteiger partial charge in [0.1, 0.15) is 17.0 Å². The van der Waals surface area contributed by atoms with Gasteiger partial charge in [-0.25, -0.2) is 9.97 Å². The van der Waals surface area contributed by atoms with E-state index in [0.717, 1.165) is 10.6 Å². The molecule has 0 saturated heterocycles. The van der Waals surface area contributed by atoms with Crippen molar-refractivity contribution in [3.63, 3.8) is 0 Å². The summed E-state index contributed by atoms with van der Waals surface area (Å²) in [6, 6.07) is 1.22. The lowest BCUT2D eigenvalue weighted by Crippen LogP contribution is -2.35. The van der Waals surface area contributed by atoms with Crippen LogP contribution in [0.4, 0.5) is 5.82 Å². The summed E-state index contributed by atoms with van der Waals surface area (Å²) in [5, 5.41) is 8.24. The molecule has 6 heteroatoms. The second-order valence-corrected chi connectivity index (χ2v) is 6.87. The molecule has 0 atom stereocenters. The number of hydrogen-bond acceptors (Lipinski definition) is 5. The van der Waals surface area contributed by atoms with Gasteiger partial charge in [0.25, 0.3) is 0 Å². The van der Waals surface area contributed by atoms with Gasteiger partial charge >= 0.3 is 0 Å². The minimum atomic E-state index is 0.539. The zero-order valence-electron chi connectivity index (χ0n) is 12.4. The van der Waals surface area contributed by atoms with Crippen molar-refractivity contribution < 1.29 is 0 Å². The molecule has 0 bridgehead atoms. The van der Waals surface area contributed by atoms with Crippen molar-refractivity contribution in [2.75, 3.05) is 5.32 Å². The van der Waals surface area contributed by atoms with Crippen molar-refractivity contribution in [3.05, 3.63) is 16.8 Å². The maximum atomic E-state index is 4.48. The van der Waals surface area contributed by atoms with Crippen molar-refractivity contribution in [2.45, 2.75) is 51.6 Å². The second kappa shape index (κ2) is 5.70. The van der Waals surface area contributed by atoms with Gasteiger partial charge in [-0.15, -0.1) is 11.3 Å². The summed E-state index contributed by atoms with van der Waals surface area (Å²) in [6.07, 6.45) is 6.58. The quantitative estimate of drug-likeness (QED) is 0.850. The number of thiophene rings is 1. The van der Waals surface area contributed by atoms with E-state index in [1.54, 1.807) is 17.7 Å². The van der Waals surface area contributed by atoms with Crippen molar-refractivity contribution in [2.24, 2.45) is 0 Å². The Morgan fingerprint density at radius 3 is 2.55 bits per heavy atom. The molecule has 106 valence electrons. The van der Waals surface area contributed by atoms with Crippen molar-refractivity contribution >= 4 is 35.4 Å². The molecule has 1 aliphatic carbocycles. The van der Waals surface area contributed by atoms with E-state index in [2.05, 4.69) is 42.3 Å². The Hall–Kier alpha value is -1.14. The summed E-state index contributed by atoms with van der Waals surface area (Å²) in [6.45, 7) is 4.32. The lowest BCUT2D eigenvalue weighted by molar-refractivity contribution is 0.393. The number of aromatic nitrogens is 2. The van der Waals surface area contributed by atoms with Crippen LogP contribution in [0.3, 0.4) is 0 Å². The van der Waals surface area contributed by atoms with Crippen LogP contribution >= 0.6 is 11.3 Å². The summed E-state index contributed by atoms with van der Waals surface area (Å²) >= 11 is 1.76. The number of nitrogens with one attached hydrogen (secondary N) is 2. The Balaban J connectivity index is 1.81. The number of anilines is 1. The molecule has 2 heterocycles. The predicted molar refractivity (Wildman–Crippen MR) is 88.2 cm³/mol. The third-order valence-electron chi connectivity index (χ3n) is 4.44. The first kappa shape index (κ1) is 13.8. The topological polar surface area (TPSA) is 49.8 Å². The Morgan fingerprint density at radius 1 is 1.15 bits per heavy atom. The Labute approximate surface area is 124 Å². The number of rotatable bonds is 3. The summed E-state index contributed by atoms with van der Waals surface area (Å²) in [5.74, 6) is 1.02. The zero-order valence-corrected chi connectivity index (χ0v) is 13.2. The van der Waals surface area contributed by atoms with E-state index in [0.29, 0.717) is 12.1 Å². The third-order valence-corrected chi connectivity index (χ3v) is 5.56. The van der Waals surface area contributed by atoms with Crippen LogP contribution in [0.15, 0.2) is 6.33 Å². The molecule has 0 radical (unpaired) electrons. The molecule has 4 nitrogen and oxygen atoms in total. The smallest absolute Gasteiger partial charge is 0.182 e. The fraction of sp³-hybridized carbons (Fsp3) is 0.571. The van der Waals surface area contributed by atoms with Gasteiger partial charge in [-0.3, -0.25) is 0 Å². The first-order valence-corrected chi connectivity index (χ1v) is 8.15. The highest BCUT2D eigenvalue weighted by molar-refractivity contribution is 7.18. The van der Waals surface area contributed by atoms with E-state index < -0.39 is 0 Å². The normalized spacial score (nSPS) is 23.1. The molecule has 0 aromatic carbocycles. The molecule has 0 amide bonds. The van der Waals surface area contributed by atoms with E-state index in [1.165, 1.54) is 41.5 Å². The molecule has 2 N–H and O–H groups in total. The number of hydrogen-bond donors (Lipinski definition) is 2. The van der Waals surface area contributed by atoms with Crippen LogP contribution in [0.25, 0.3) is 10.2 Å². The maximum absolute atomic E-state index is 4.48. The van der Waals surface area contributed by atoms with Crippen LogP contribution in [0.5, 0.6) is 0 Å². The minimum absolute atomic E-state index is 0.539. The van der Waals surface area contributed by atoms with Crippen molar-refractivity contribution in [3.8, 4) is 0 Å². The average molecular weight is 288 g/mol. The van der Waals surface area contributed by atoms with Crippen LogP contribution < -0.4 is 10.5 Å². The molecule has 0 spiro atoms. The SMILES string of the molecule is BN[C@H]1CC[C@H](Nc2ncnc3sc(C)c(C)c23)CC1. The van der Waals surface area contributed by atoms with E-state index in [1.807, 2.05) is 0 Å². The largest absolute Gasteiger partial charge is 0.367 e. The summed E-state index contributed by atoms with van der Waals surface area (Å²) in [4.78, 5) is 11.3. The standard InChI is InChI=1S/C14H21BN4S/c1-8-9(2)20-14-12(8)13(16-7-17-14)18-10-3-5-11(19-15)6-4-10/h7,10-11,19H,3-6,15H2,1-2H3,(H,16,17,18)/t10-,11-. The lowest BCUT2D eigenvalue weighted by atomic mass is 9.90. The summed E-state index contributed by atoms with van der Waals surface area (Å²) in [7, 11) is 2.06. The first-order chi connectivity index (χ1) is 9.69. The second-order valence-electron chi connectivity index (χ2n) is 5.67. The fourth-order valence-corrected chi connectivity index (χ4v) is 4.01. The number of aryl methyl sites for hydroxylation is 2. The van der Waals surface area contributed by atoms with Gasteiger partial charge in [0.15, 0.2) is 7.98 Å². The minimum Gasteiger partial charge on any atom is -0.367 e. The fourth-order valence-electron chi connectivity index (χ4n) is 3.01. The van der Waals surface area contributed by atoms with Gasteiger partial charge in [0.2, 0.25) is 0 Å². The molecular weight excluding hydrogens is 267 g/mol. The Kier molecular flexibility index (Phi) is 3.94. The monoisotopic (exact) mass is 288 g/mol. The van der Waals surface area contributed by atoms with E-state index in [4.69, 9.17) is 0 Å². The van der Waals surface area contributed by atoms with Crippen molar-refractivity contribution in [1.82, 2.24) is 15.2 Å². The van der Waals surface area contributed by atoms with E-state index in [-0.39, 0.29) is 0 Å². The average Bonchev–Trinajstić information content (AvgIpc) is 2.76. The predicted octanol–water partition coefficient (Wildman–Crippen LogP) is 2.17. The van der Waals surface area contributed by atoms with Gasteiger partial charge in [0, 0.05) is 10.9 Å². The molecule has 0 aliphatic heterocycles. The van der Waals surface area contributed by atoms with Gasteiger partial charge in [0.05, 0.1) is 5.39 Å². The maximum Gasteiger partial charge on any atom is 0.182 e. The Bertz CT molecular complexity index is 604. The van der Waals surface area contributed by atoms with E-state index in [9.17, 15) is 0 Å². The van der Waals surface area contributed by atoms with Crippen molar-refractivity contribution in [1.29, 1.82) is 0 Å². The van der Waals surface area contributed by atoms with Crippen LogP contribution in [-0.2, 0) is 0 Å². The molecule has 0 unspecified atom stereocenters. The molecule has 1 saturated carbocycles. The first-order valence-electron chi connectivity index (χ1n) is 7.33. The highest BCUT2D eigenvalue weighted by atomic mass is 32.1. The third kappa shape index (κ3) is 2.54. The van der Waals surface area contributed by atoms with E-state index >= 15 is 0 Å².